The van der Waals surface area contributed by atoms with Crippen molar-refractivity contribution in [3.8, 4) is 11.5 Å². The zero-order valence-electron chi connectivity index (χ0n) is 19.9. The molecule has 2 atom stereocenters. The molecule has 3 rings (SSSR count). The lowest BCUT2D eigenvalue weighted by Crippen LogP contribution is -2.25. The van der Waals surface area contributed by atoms with Crippen LogP contribution in [0.1, 0.15) is 31.1 Å². The van der Waals surface area contributed by atoms with Gasteiger partial charge in [0.25, 0.3) is 5.24 Å². The Morgan fingerprint density at radius 2 is 1.70 bits per heavy atom. The van der Waals surface area contributed by atoms with Crippen molar-refractivity contribution in [1.82, 2.24) is 5.32 Å². The fourth-order valence-corrected chi connectivity index (χ4v) is 5.49. The number of rotatable bonds is 13. The van der Waals surface area contributed by atoms with Gasteiger partial charge in [-0.1, -0.05) is 36.0 Å². The van der Waals surface area contributed by atoms with Crippen molar-refractivity contribution in [3.63, 3.8) is 0 Å². The molecule has 2 aromatic carbocycles. The fourth-order valence-electron chi connectivity index (χ4n) is 3.31. The smallest absolute Gasteiger partial charge is 0.491 e. The van der Waals surface area contributed by atoms with Gasteiger partial charge in [-0.2, -0.15) is 0 Å². The molecule has 0 aliphatic carbocycles. The van der Waals surface area contributed by atoms with Gasteiger partial charge >= 0.3 is 14.2 Å². The summed E-state index contributed by atoms with van der Waals surface area (Å²) in [5.41, 5.74) is 0.976. The summed E-state index contributed by atoms with van der Waals surface area (Å²) < 4.78 is 76.8. The normalized spacial score (nSPS) is 16.9. The van der Waals surface area contributed by atoms with Crippen molar-refractivity contribution in [1.29, 1.82) is 0 Å². The van der Waals surface area contributed by atoms with Crippen LogP contribution in [0.2, 0.25) is 0 Å². The molecule has 1 heterocycles. The Balaban J connectivity index is 1.75. The number of carbonyl (C=O) groups is 2. The van der Waals surface area contributed by atoms with Crippen LogP contribution in [-0.4, -0.2) is 42.6 Å². The summed E-state index contributed by atoms with van der Waals surface area (Å²) in [6.07, 6.45) is -5.71. The zero-order valence-corrected chi connectivity index (χ0v) is 21.6. The summed E-state index contributed by atoms with van der Waals surface area (Å²) in [5.74, 6) is -0.458. The molecule has 202 valence electrons. The number of imide groups is 1. The Hall–Kier alpha value is -2.57. The summed E-state index contributed by atoms with van der Waals surface area (Å²) in [6.45, 7) is 2.93. The summed E-state index contributed by atoms with van der Waals surface area (Å²) in [6, 6.07) is 11.7. The molecule has 2 unspecified atom stereocenters. The molecule has 0 aromatic heterocycles. The van der Waals surface area contributed by atoms with Crippen molar-refractivity contribution >= 4 is 30.7 Å². The average Bonchev–Trinajstić information content (AvgIpc) is 3.13. The largest absolute Gasteiger partial charge is 0.573 e. The van der Waals surface area contributed by atoms with E-state index in [9.17, 15) is 27.3 Å². The van der Waals surface area contributed by atoms with Gasteiger partial charge in [0.15, 0.2) is 0 Å². The number of amides is 2. The number of benzene rings is 2. The lowest BCUT2D eigenvalue weighted by molar-refractivity contribution is -0.274. The molecule has 1 aliphatic rings. The third kappa shape index (κ3) is 9.04. The molecule has 1 saturated heterocycles. The van der Waals surface area contributed by atoms with Crippen molar-refractivity contribution in [2.45, 2.75) is 38.0 Å². The first-order valence-corrected chi connectivity index (χ1v) is 13.5. The van der Waals surface area contributed by atoms with Gasteiger partial charge in [0, 0.05) is 0 Å². The zero-order chi connectivity index (χ0) is 27.1. The highest BCUT2D eigenvalue weighted by molar-refractivity contribution is 8.15. The number of ether oxygens (including phenoxy) is 2. The second kappa shape index (κ2) is 12.8. The van der Waals surface area contributed by atoms with E-state index in [4.69, 9.17) is 18.3 Å². The number of phosphoric acid groups is 1. The first-order chi connectivity index (χ1) is 17.5. The second-order valence-corrected chi connectivity index (χ2v) is 10.3. The van der Waals surface area contributed by atoms with Crippen molar-refractivity contribution in [2.24, 2.45) is 0 Å². The van der Waals surface area contributed by atoms with Crippen molar-refractivity contribution in [3.05, 3.63) is 59.7 Å². The molecule has 2 aromatic rings. The van der Waals surface area contributed by atoms with Gasteiger partial charge in [0.2, 0.25) is 5.91 Å². The van der Waals surface area contributed by atoms with Gasteiger partial charge < -0.3 is 9.47 Å². The Morgan fingerprint density at radius 1 is 1.03 bits per heavy atom. The van der Waals surface area contributed by atoms with Gasteiger partial charge in [-0.15, -0.1) is 13.2 Å². The Bertz CT molecular complexity index is 1120. The van der Waals surface area contributed by atoms with E-state index in [1.807, 2.05) is 0 Å². The number of carbonyl (C=O) groups excluding carboxylic acids is 2. The van der Waals surface area contributed by atoms with Crippen LogP contribution in [0.4, 0.5) is 18.0 Å². The van der Waals surface area contributed by atoms with Crippen LogP contribution in [-0.2, 0) is 29.4 Å². The van der Waals surface area contributed by atoms with Crippen LogP contribution in [0.3, 0.4) is 0 Å². The summed E-state index contributed by atoms with van der Waals surface area (Å²) in [4.78, 5) is 23.1. The molecule has 37 heavy (non-hydrogen) atoms. The van der Waals surface area contributed by atoms with Gasteiger partial charge in [-0.05, 0) is 55.7 Å². The summed E-state index contributed by atoms with van der Waals surface area (Å²) >= 11 is 0.924. The van der Waals surface area contributed by atoms with Crippen LogP contribution >= 0.6 is 19.6 Å². The van der Waals surface area contributed by atoms with Crippen molar-refractivity contribution < 1.29 is 50.4 Å². The van der Waals surface area contributed by atoms with E-state index in [-0.39, 0.29) is 36.5 Å². The van der Waals surface area contributed by atoms with E-state index in [1.165, 1.54) is 12.1 Å². The number of alkyl halides is 3. The minimum atomic E-state index is -4.90. The summed E-state index contributed by atoms with van der Waals surface area (Å²) in [7, 11) is -4.07. The van der Waals surface area contributed by atoms with Crippen molar-refractivity contribution in [2.75, 3.05) is 19.8 Å². The van der Waals surface area contributed by atoms with E-state index in [1.54, 1.807) is 38.1 Å². The standard InChI is InChI=1S/C23H25F3NO8PS/c1-3-32-36(30,33-4-2)35-19(16-6-5-7-18(13-16)34-23(24,25)26)14-31-17-10-8-15(9-11-17)12-20-21(28)27-22(29)37-20/h5-11,13,19-20H,3-4,12,14H2,1-2H3,(H,27,28,29). The lowest BCUT2D eigenvalue weighted by Gasteiger charge is -2.24. The topological polar surface area (TPSA) is 109 Å². The van der Waals surface area contributed by atoms with E-state index in [0.717, 1.165) is 29.5 Å². The predicted molar refractivity (Wildman–Crippen MR) is 128 cm³/mol. The Morgan fingerprint density at radius 3 is 2.27 bits per heavy atom. The van der Waals surface area contributed by atoms with Crippen LogP contribution in [0.15, 0.2) is 48.5 Å². The first kappa shape index (κ1) is 29.0. The van der Waals surface area contributed by atoms with Gasteiger partial charge in [0.1, 0.15) is 24.2 Å². The number of hydrogen-bond donors (Lipinski definition) is 1. The monoisotopic (exact) mass is 563 g/mol. The Kier molecular flexibility index (Phi) is 10.0. The molecule has 9 nitrogen and oxygen atoms in total. The molecular formula is C23H25F3NO8PS. The number of thioether (sulfide) groups is 1. The predicted octanol–water partition coefficient (Wildman–Crippen LogP) is 5.80. The number of hydrogen-bond acceptors (Lipinski definition) is 9. The highest BCUT2D eigenvalue weighted by Gasteiger charge is 2.34. The highest BCUT2D eigenvalue weighted by Crippen LogP contribution is 2.53. The fraction of sp³-hybridized carbons (Fsp3) is 0.391. The Labute approximate surface area is 215 Å². The van der Waals surface area contributed by atoms with Crippen LogP contribution in [0.25, 0.3) is 0 Å². The molecule has 0 radical (unpaired) electrons. The molecule has 0 saturated carbocycles. The van der Waals surface area contributed by atoms with Crippen LogP contribution in [0, 0.1) is 0 Å². The first-order valence-electron chi connectivity index (χ1n) is 11.2. The molecule has 0 bridgehead atoms. The molecule has 1 aliphatic heterocycles. The maximum atomic E-state index is 13.0. The quantitative estimate of drug-likeness (QED) is 0.303. The van der Waals surface area contributed by atoms with Crippen LogP contribution in [0.5, 0.6) is 11.5 Å². The van der Waals surface area contributed by atoms with E-state index >= 15 is 0 Å². The second-order valence-electron chi connectivity index (χ2n) is 7.54. The number of nitrogens with one attached hydrogen (secondary N) is 1. The van der Waals surface area contributed by atoms with Crippen LogP contribution < -0.4 is 14.8 Å². The molecule has 2 amide bonds. The minimum Gasteiger partial charge on any atom is -0.491 e. The summed E-state index contributed by atoms with van der Waals surface area (Å²) in [5, 5.41) is 1.33. The third-order valence-electron chi connectivity index (χ3n) is 4.81. The molecule has 0 spiro atoms. The molecule has 14 heteroatoms. The van der Waals surface area contributed by atoms with E-state index in [2.05, 4.69) is 10.1 Å². The minimum absolute atomic E-state index is 0.00639. The maximum absolute atomic E-state index is 13.0. The number of halogens is 3. The third-order valence-corrected chi connectivity index (χ3v) is 7.45. The van der Waals surface area contributed by atoms with E-state index < -0.39 is 31.3 Å². The SMILES string of the molecule is CCOP(=O)(OCC)OC(COc1ccc(CC2SC(=O)NC2=O)cc1)c1cccc(OC(F)(F)F)c1. The molecular weight excluding hydrogens is 538 g/mol. The average molecular weight is 563 g/mol. The highest BCUT2D eigenvalue weighted by atomic mass is 32.2. The maximum Gasteiger partial charge on any atom is 0.573 e. The van der Waals surface area contributed by atoms with E-state index in [0.29, 0.717) is 12.2 Å². The molecule has 1 fully saturated rings. The van der Waals surface area contributed by atoms with Gasteiger partial charge in [0.05, 0.1) is 18.5 Å². The molecule has 1 N–H and O–H groups in total. The lowest BCUT2D eigenvalue weighted by atomic mass is 10.1. The number of phosphoric ester groups is 1. The van der Waals surface area contributed by atoms with Gasteiger partial charge in [-0.3, -0.25) is 28.5 Å². The van der Waals surface area contributed by atoms with Gasteiger partial charge in [-0.25, -0.2) is 4.57 Å².